The van der Waals surface area contributed by atoms with Crippen LogP contribution in [0.15, 0.2) is 38.0 Å². The van der Waals surface area contributed by atoms with Gasteiger partial charge in [-0.3, -0.25) is 4.79 Å². The van der Waals surface area contributed by atoms with Crippen molar-refractivity contribution in [2.75, 3.05) is 5.32 Å². The van der Waals surface area contributed by atoms with Crippen LogP contribution in [0, 0.1) is 6.92 Å². The number of furan rings is 1. The molecule has 23 heavy (non-hydrogen) atoms. The van der Waals surface area contributed by atoms with Gasteiger partial charge in [0.1, 0.15) is 11.6 Å². The lowest BCUT2D eigenvalue weighted by atomic mass is 10.4. The molecule has 0 aliphatic heterocycles. The second kappa shape index (κ2) is 6.97. The van der Waals surface area contributed by atoms with Gasteiger partial charge in [0.05, 0.1) is 18.1 Å². The van der Waals surface area contributed by atoms with E-state index in [4.69, 9.17) is 4.42 Å². The first-order valence-electron chi connectivity index (χ1n) is 6.94. The van der Waals surface area contributed by atoms with Crippen molar-refractivity contribution < 1.29 is 4.42 Å². The fraction of sp³-hybridized carbons (Fsp3) is 0.286. The van der Waals surface area contributed by atoms with Crippen LogP contribution < -0.4 is 10.9 Å². The van der Waals surface area contributed by atoms with Crippen molar-refractivity contribution in [1.82, 2.24) is 20.2 Å². The molecular formula is C14H15N5O2S2. The van der Waals surface area contributed by atoms with Crippen LogP contribution in [-0.2, 0) is 6.54 Å². The third-order valence-corrected chi connectivity index (χ3v) is 5.03. The molecule has 1 atom stereocenters. The number of hydrogen-bond donors (Lipinski definition) is 2. The Bertz CT molecular complexity index is 828. The SMILES string of the molecule is Cc1cc(=O)[nH]c([C@H](C)Sc2nnc(NCc3ccco3)s2)n1. The van der Waals surface area contributed by atoms with Gasteiger partial charge >= 0.3 is 0 Å². The number of hydrogen-bond acceptors (Lipinski definition) is 8. The largest absolute Gasteiger partial charge is 0.467 e. The van der Waals surface area contributed by atoms with Gasteiger partial charge in [0.15, 0.2) is 4.34 Å². The van der Waals surface area contributed by atoms with E-state index in [-0.39, 0.29) is 10.8 Å². The van der Waals surface area contributed by atoms with Gasteiger partial charge in [0.2, 0.25) is 5.13 Å². The summed E-state index contributed by atoms with van der Waals surface area (Å²) >= 11 is 2.96. The summed E-state index contributed by atoms with van der Waals surface area (Å²) in [6.07, 6.45) is 1.63. The molecule has 0 amide bonds. The molecule has 0 saturated carbocycles. The summed E-state index contributed by atoms with van der Waals surface area (Å²) < 4.78 is 6.06. The van der Waals surface area contributed by atoms with Crippen LogP contribution in [0.4, 0.5) is 5.13 Å². The molecule has 0 saturated heterocycles. The second-order valence-corrected chi connectivity index (χ2v) is 7.40. The standard InChI is InChI=1S/C14H15N5O2S2/c1-8-6-11(20)17-12(16-8)9(2)22-14-19-18-13(23-14)15-7-10-4-3-5-21-10/h3-6,9H,7H2,1-2H3,(H,15,18)(H,16,17,20)/t9-/m0/s1. The molecule has 0 aliphatic rings. The maximum atomic E-state index is 11.5. The first kappa shape index (κ1) is 15.8. The van der Waals surface area contributed by atoms with Crippen molar-refractivity contribution >= 4 is 28.2 Å². The predicted molar refractivity (Wildman–Crippen MR) is 89.8 cm³/mol. The van der Waals surface area contributed by atoms with Gasteiger partial charge in [-0.2, -0.15) is 0 Å². The van der Waals surface area contributed by atoms with Crippen molar-refractivity contribution in [3.8, 4) is 0 Å². The maximum absolute atomic E-state index is 11.5. The lowest BCUT2D eigenvalue weighted by Crippen LogP contribution is -2.12. The number of H-pyrrole nitrogens is 1. The number of nitrogens with zero attached hydrogens (tertiary/aromatic N) is 3. The summed E-state index contributed by atoms with van der Waals surface area (Å²) in [6, 6.07) is 5.21. The quantitative estimate of drug-likeness (QED) is 0.660. The van der Waals surface area contributed by atoms with E-state index in [0.717, 1.165) is 15.2 Å². The lowest BCUT2D eigenvalue weighted by Gasteiger charge is -2.08. The van der Waals surface area contributed by atoms with E-state index in [2.05, 4.69) is 25.5 Å². The minimum Gasteiger partial charge on any atom is -0.467 e. The molecular weight excluding hydrogens is 334 g/mol. The first-order chi connectivity index (χ1) is 11.1. The highest BCUT2D eigenvalue weighted by atomic mass is 32.2. The Kier molecular flexibility index (Phi) is 4.77. The van der Waals surface area contributed by atoms with Crippen molar-refractivity contribution in [2.24, 2.45) is 0 Å². The zero-order chi connectivity index (χ0) is 16.2. The van der Waals surface area contributed by atoms with E-state index in [1.807, 2.05) is 19.1 Å². The molecule has 0 fully saturated rings. The average molecular weight is 349 g/mol. The Morgan fingerprint density at radius 1 is 1.48 bits per heavy atom. The molecule has 0 aliphatic carbocycles. The van der Waals surface area contributed by atoms with Gasteiger partial charge in [-0.25, -0.2) is 4.98 Å². The first-order valence-corrected chi connectivity index (χ1v) is 8.64. The molecule has 3 aromatic heterocycles. The molecule has 3 aromatic rings. The summed E-state index contributed by atoms with van der Waals surface area (Å²) in [6.45, 7) is 4.34. The van der Waals surface area contributed by atoms with Crippen molar-refractivity contribution in [2.45, 2.75) is 30.0 Å². The highest BCUT2D eigenvalue weighted by Crippen LogP contribution is 2.35. The van der Waals surface area contributed by atoms with Gasteiger partial charge in [-0.15, -0.1) is 10.2 Å². The fourth-order valence-electron chi connectivity index (χ4n) is 1.91. The molecule has 0 aromatic carbocycles. The van der Waals surface area contributed by atoms with Crippen LogP contribution in [-0.4, -0.2) is 20.2 Å². The van der Waals surface area contributed by atoms with Crippen LogP contribution in [0.5, 0.6) is 0 Å². The smallest absolute Gasteiger partial charge is 0.251 e. The number of aromatic nitrogens is 4. The van der Waals surface area contributed by atoms with Crippen LogP contribution in [0.1, 0.15) is 29.5 Å². The third kappa shape index (κ3) is 4.20. The van der Waals surface area contributed by atoms with Crippen LogP contribution in [0.25, 0.3) is 0 Å². The van der Waals surface area contributed by atoms with E-state index in [0.29, 0.717) is 18.1 Å². The lowest BCUT2D eigenvalue weighted by molar-refractivity contribution is 0.518. The summed E-state index contributed by atoms with van der Waals surface area (Å²) in [5.41, 5.74) is 0.562. The van der Waals surface area contributed by atoms with Crippen LogP contribution in [0.2, 0.25) is 0 Å². The highest BCUT2D eigenvalue weighted by molar-refractivity contribution is 8.01. The van der Waals surface area contributed by atoms with Crippen LogP contribution in [0.3, 0.4) is 0 Å². The van der Waals surface area contributed by atoms with E-state index < -0.39 is 0 Å². The predicted octanol–water partition coefficient (Wildman–Crippen LogP) is 2.99. The number of aromatic amines is 1. The molecule has 0 unspecified atom stereocenters. The van der Waals surface area contributed by atoms with E-state index in [9.17, 15) is 4.79 Å². The van der Waals surface area contributed by atoms with Gasteiger partial charge < -0.3 is 14.7 Å². The average Bonchev–Trinajstić information content (AvgIpc) is 3.15. The fourth-order valence-corrected chi connectivity index (χ4v) is 3.86. The summed E-state index contributed by atoms with van der Waals surface area (Å²) in [4.78, 5) is 18.6. The molecule has 9 heteroatoms. The Morgan fingerprint density at radius 2 is 2.35 bits per heavy atom. The Hall–Kier alpha value is -2.13. The number of anilines is 1. The Labute approximate surface area is 140 Å². The van der Waals surface area contributed by atoms with Crippen molar-refractivity contribution in [1.29, 1.82) is 0 Å². The minimum absolute atomic E-state index is 0.0199. The number of rotatable bonds is 6. The molecule has 120 valence electrons. The molecule has 0 radical (unpaired) electrons. The van der Waals surface area contributed by atoms with Crippen molar-refractivity contribution in [3.63, 3.8) is 0 Å². The normalized spacial score (nSPS) is 12.3. The molecule has 0 spiro atoms. The molecule has 3 rings (SSSR count). The van der Waals surface area contributed by atoms with Crippen LogP contribution >= 0.6 is 23.1 Å². The Morgan fingerprint density at radius 3 is 3.09 bits per heavy atom. The molecule has 0 bridgehead atoms. The number of thioether (sulfide) groups is 1. The molecule has 3 heterocycles. The van der Waals surface area contributed by atoms with Gasteiger partial charge in [0, 0.05) is 11.8 Å². The number of aryl methyl sites for hydroxylation is 1. The van der Waals surface area contributed by atoms with Gasteiger partial charge in [0.25, 0.3) is 5.56 Å². The van der Waals surface area contributed by atoms with Gasteiger partial charge in [-0.1, -0.05) is 23.1 Å². The highest BCUT2D eigenvalue weighted by Gasteiger charge is 2.14. The van der Waals surface area contributed by atoms with E-state index in [1.54, 1.807) is 13.2 Å². The zero-order valence-electron chi connectivity index (χ0n) is 12.6. The Balaban J connectivity index is 1.62. The zero-order valence-corrected chi connectivity index (χ0v) is 14.2. The number of nitrogens with one attached hydrogen (secondary N) is 2. The topological polar surface area (TPSA) is 96.7 Å². The van der Waals surface area contributed by atoms with E-state index >= 15 is 0 Å². The molecule has 2 N–H and O–H groups in total. The maximum Gasteiger partial charge on any atom is 0.251 e. The minimum atomic E-state index is -0.141. The summed E-state index contributed by atoms with van der Waals surface area (Å²) in [5.74, 6) is 1.48. The molecule has 7 nitrogen and oxygen atoms in total. The van der Waals surface area contributed by atoms with E-state index in [1.165, 1.54) is 29.2 Å². The van der Waals surface area contributed by atoms with Gasteiger partial charge in [-0.05, 0) is 26.0 Å². The monoisotopic (exact) mass is 349 g/mol. The second-order valence-electron chi connectivity index (χ2n) is 4.84. The third-order valence-electron chi connectivity index (χ3n) is 2.95. The van der Waals surface area contributed by atoms with Crippen molar-refractivity contribution in [3.05, 3.63) is 52.1 Å². The summed E-state index contributed by atoms with van der Waals surface area (Å²) in [7, 11) is 0. The summed E-state index contributed by atoms with van der Waals surface area (Å²) in [5, 5.41) is 12.1.